The van der Waals surface area contributed by atoms with Crippen LogP contribution < -0.4 is 0 Å². The van der Waals surface area contributed by atoms with Crippen molar-refractivity contribution < 1.29 is 0 Å². The number of aromatic nitrogens is 3. The fourth-order valence-electron chi connectivity index (χ4n) is 2.25. The molecule has 2 rings (SSSR count). The molecule has 1 heterocycles. The van der Waals surface area contributed by atoms with Crippen molar-refractivity contribution in [1.29, 1.82) is 0 Å². The molecule has 1 aromatic carbocycles. The first-order chi connectivity index (χ1) is 10.3. The molecule has 0 amide bonds. The second-order valence-electron chi connectivity index (χ2n) is 5.44. The Balaban J connectivity index is 1.79. The third kappa shape index (κ3) is 5.20. The van der Waals surface area contributed by atoms with Gasteiger partial charge in [-0.15, -0.1) is 10.2 Å². The molecule has 0 aliphatic carbocycles. The average molecular weight is 303 g/mol. The predicted molar refractivity (Wildman–Crippen MR) is 90.2 cm³/mol. The van der Waals surface area contributed by atoms with Gasteiger partial charge >= 0.3 is 0 Å². The number of hydrogen-bond acceptors (Lipinski definition) is 3. The molecule has 1 aromatic heterocycles. The van der Waals surface area contributed by atoms with E-state index in [1.54, 1.807) is 18.1 Å². The van der Waals surface area contributed by atoms with E-state index in [0.717, 1.165) is 16.6 Å². The summed E-state index contributed by atoms with van der Waals surface area (Å²) in [6.45, 7) is 4.36. The van der Waals surface area contributed by atoms with Crippen LogP contribution in [0.4, 0.5) is 0 Å². The fourth-order valence-corrected chi connectivity index (χ4v) is 3.18. The van der Waals surface area contributed by atoms with Crippen LogP contribution in [0.5, 0.6) is 0 Å². The number of nitrogens with zero attached hydrogens (tertiary/aromatic N) is 3. The highest BCUT2D eigenvalue weighted by atomic mass is 32.2. The summed E-state index contributed by atoms with van der Waals surface area (Å²) < 4.78 is 2.07. The zero-order valence-electron chi connectivity index (χ0n) is 13.1. The van der Waals surface area contributed by atoms with Crippen molar-refractivity contribution in [2.24, 2.45) is 0 Å². The van der Waals surface area contributed by atoms with Crippen LogP contribution in [-0.2, 0) is 0 Å². The van der Waals surface area contributed by atoms with Gasteiger partial charge < -0.3 is 0 Å². The first-order valence-corrected chi connectivity index (χ1v) is 8.89. The van der Waals surface area contributed by atoms with Crippen molar-refractivity contribution in [3.05, 3.63) is 36.2 Å². The van der Waals surface area contributed by atoms with Crippen LogP contribution >= 0.6 is 11.8 Å². The molecule has 0 aliphatic heterocycles. The van der Waals surface area contributed by atoms with E-state index in [0.29, 0.717) is 0 Å². The van der Waals surface area contributed by atoms with Gasteiger partial charge in [0, 0.05) is 11.4 Å². The van der Waals surface area contributed by atoms with Crippen molar-refractivity contribution in [2.45, 2.75) is 57.5 Å². The summed E-state index contributed by atoms with van der Waals surface area (Å²) in [5.74, 6) is 1.12. The summed E-state index contributed by atoms with van der Waals surface area (Å²) in [6, 6.07) is 8.48. The quantitative estimate of drug-likeness (QED) is 0.481. The fraction of sp³-hybridized carbons (Fsp3) is 0.529. The average Bonchev–Trinajstić information content (AvgIpc) is 2.95. The number of hydrogen-bond donors (Lipinski definition) is 0. The molecule has 0 fully saturated rings. The molecule has 0 N–H and O–H groups in total. The van der Waals surface area contributed by atoms with Gasteiger partial charge in [-0.25, -0.2) is 0 Å². The molecule has 0 aliphatic rings. The lowest BCUT2D eigenvalue weighted by Gasteiger charge is -2.06. The van der Waals surface area contributed by atoms with Gasteiger partial charge in [0.2, 0.25) is 0 Å². The molecular formula is C17H25N3S. The van der Waals surface area contributed by atoms with Gasteiger partial charge in [0.15, 0.2) is 5.16 Å². The lowest BCUT2D eigenvalue weighted by Crippen LogP contribution is -1.95. The first kappa shape index (κ1) is 16.1. The Kier molecular flexibility index (Phi) is 6.80. The van der Waals surface area contributed by atoms with Crippen molar-refractivity contribution in [3.8, 4) is 5.69 Å². The van der Waals surface area contributed by atoms with Gasteiger partial charge in [0.1, 0.15) is 6.33 Å². The van der Waals surface area contributed by atoms with E-state index in [-0.39, 0.29) is 0 Å². The minimum atomic E-state index is 0.993. The standard InChI is InChI=1S/C17H25N3S/c1-3-4-5-6-7-8-13-21-17-19-18-14-20(17)16-11-9-15(2)10-12-16/h9-12,14H,3-8,13H2,1-2H3. The van der Waals surface area contributed by atoms with Crippen molar-refractivity contribution in [1.82, 2.24) is 14.8 Å². The lowest BCUT2D eigenvalue weighted by molar-refractivity contribution is 0.626. The van der Waals surface area contributed by atoms with E-state index in [1.165, 1.54) is 44.1 Å². The molecule has 0 saturated heterocycles. The highest BCUT2D eigenvalue weighted by Gasteiger charge is 2.06. The van der Waals surface area contributed by atoms with Crippen LogP contribution in [0.3, 0.4) is 0 Å². The lowest BCUT2D eigenvalue weighted by atomic mass is 10.1. The Morgan fingerprint density at radius 3 is 2.48 bits per heavy atom. The minimum absolute atomic E-state index is 0.993. The zero-order valence-corrected chi connectivity index (χ0v) is 13.9. The number of rotatable bonds is 9. The smallest absolute Gasteiger partial charge is 0.195 e. The molecule has 2 aromatic rings. The number of unbranched alkanes of at least 4 members (excludes halogenated alkanes) is 5. The SMILES string of the molecule is CCCCCCCCSc1nncn1-c1ccc(C)cc1. The van der Waals surface area contributed by atoms with Crippen molar-refractivity contribution in [3.63, 3.8) is 0 Å². The monoisotopic (exact) mass is 303 g/mol. The van der Waals surface area contributed by atoms with Crippen LogP contribution in [0.2, 0.25) is 0 Å². The van der Waals surface area contributed by atoms with E-state index < -0.39 is 0 Å². The van der Waals surface area contributed by atoms with Gasteiger partial charge in [-0.1, -0.05) is 68.5 Å². The topological polar surface area (TPSA) is 30.7 Å². The van der Waals surface area contributed by atoms with Crippen LogP contribution in [0.15, 0.2) is 35.7 Å². The molecule has 21 heavy (non-hydrogen) atoms. The highest BCUT2D eigenvalue weighted by Crippen LogP contribution is 2.21. The summed E-state index contributed by atoms with van der Waals surface area (Å²) in [5, 5.41) is 9.28. The van der Waals surface area contributed by atoms with E-state index in [9.17, 15) is 0 Å². The Bertz CT molecular complexity index is 519. The third-order valence-corrected chi connectivity index (χ3v) is 4.59. The Morgan fingerprint density at radius 1 is 1.00 bits per heavy atom. The van der Waals surface area contributed by atoms with Gasteiger partial charge in [-0.2, -0.15) is 0 Å². The number of thioether (sulfide) groups is 1. The maximum atomic E-state index is 4.24. The van der Waals surface area contributed by atoms with E-state index in [4.69, 9.17) is 0 Å². The summed E-state index contributed by atoms with van der Waals surface area (Å²) >= 11 is 1.81. The second-order valence-corrected chi connectivity index (χ2v) is 6.50. The molecule has 0 unspecified atom stereocenters. The normalized spacial score (nSPS) is 11.0. The van der Waals surface area contributed by atoms with Gasteiger partial charge in [0.25, 0.3) is 0 Å². The van der Waals surface area contributed by atoms with Crippen molar-refractivity contribution >= 4 is 11.8 Å². The highest BCUT2D eigenvalue weighted by molar-refractivity contribution is 7.99. The van der Waals surface area contributed by atoms with Crippen LogP contribution in [-0.4, -0.2) is 20.5 Å². The van der Waals surface area contributed by atoms with Crippen LogP contribution in [0.1, 0.15) is 51.0 Å². The van der Waals surface area contributed by atoms with Gasteiger partial charge in [-0.3, -0.25) is 4.57 Å². The molecular weight excluding hydrogens is 278 g/mol. The molecule has 0 saturated carbocycles. The zero-order chi connectivity index (χ0) is 14.9. The number of benzene rings is 1. The largest absolute Gasteiger partial charge is 0.277 e. The first-order valence-electron chi connectivity index (χ1n) is 7.91. The molecule has 0 radical (unpaired) electrons. The third-order valence-electron chi connectivity index (χ3n) is 3.56. The Labute approximate surface area is 132 Å². The summed E-state index contributed by atoms with van der Waals surface area (Å²) in [7, 11) is 0. The maximum absolute atomic E-state index is 4.24. The predicted octanol–water partition coefficient (Wildman–Crippen LogP) is 5.03. The second kappa shape index (κ2) is 8.88. The molecule has 0 bridgehead atoms. The number of aryl methyl sites for hydroxylation is 1. The van der Waals surface area contributed by atoms with Crippen molar-refractivity contribution in [2.75, 3.05) is 5.75 Å². The summed E-state index contributed by atoms with van der Waals surface area (Å²) in [4.78, 5) is 0. The molecule has 4 heteroatoms. The maximum Gasteiger partial charge on any atom is 0.195 e. The molecule has 0 atom stereocenters. The Hall–Kier alpha value is -1.29. The van der Waals surface area contributed by atoms with Crippen LogP contribution in [0.25, 0.3) is 5.69 Å². The molecule has 114 valence electrons. The Morgan fingerprint density at radius 2 is 1.71 bits per heavy atom. The van der Waals surface area contributed by atoms with Gasteiger partial charge in [0.05, 0.1) is 0 Å². The summed E-state index contributed by atoms with van der Waals surface area (Å²) in [5.41, 5.74) is 2.41. The molecule has 0 spiro atoms. The minimum Gasteiger partial charge on any atom is -0.277 e. The summed E-state index contributed by atoms with van der Waals surface area (Å²) in [6.07, 6.45) is 9.80. The van der Waals surface area contributed by atoms with Gasteiger partial charge in [-0.05, 0) is 25.5 Å². The van der Waals surface area contributed by atoms with E-state index in [2.05, 4.69) is 52.9 Å². The van der Waals surface area contributed by atoms with E-state index in [1.807, 2.05) is 0 Å². The van der Waals surface area contributed by atoms with E-state index >= 15 is 0 Å². The van der Waals surface area contributed by atoms with Crippen LogP contribution in [0, 0.1) is 6.92 Å². The molecule has 3 nitrogen and oxygen atoms in total.